The van der Waals surface area contributed by atoms with Crippen LogP contribution in [0.15, 0.2) is 77.5 Å². The van der Waals surface area contributed by atoms with Gasteiger partial charge in [-0.05, 0) is 55.0 Å². The fraction of sp³-hybridized carbons (Fsp3) is 0.111. The Morgan fingerprint density at radius 2 is 1.89 bits per heavy atom. The zero-order valence-corrected chi connectivity index (χ0v) is 20.2. The number of halogens is 1. The summed E-state index contributed by atoms with van der Waals surface area (Å²) in [5.41, 5.74) is 3.29. The van der Waals surface area contributed by atoms with Gasteiger partial charge in [-0.3, -0.25) is 19.9 Å². The molecule has 0 aliphatic rings. The van der Waals surface area contributed by atoms with Gasteiger partial charge in [0.05, 0.1) is 18.9 Å². The first-order valence-corrected chi connectivity index (χ1v) is 11.5. The van der Waals surface area contributed by atoms with Crippen molar-refractivity contribution < 1.29 is 18.7 Å². The lowest BCUT2D eigenvalue weighted by molar-refractivity contribution is -0.112. The number of hydrogen-bond donors (Lipinski definition) is 1. The Kier molecular flexibility index (Phi) is 6.26. The first-order valence-electron chi connectivity index (χ1n) is 11.1. The summed E-state index contributed by atoms with van der Waals surface area (Å²) < 4.78 is 12.9. The Bertz CT molecular complexity index is 1570. The third-order valence-corrected chi connectivity index (χ3v) is 6.11. The molecule has 0 aliphatic heterocycles. The monoisotopic (exact) mass is 500 g/mol. The highest BCUT2D eigenvalue weighted by Gasteiger charge is 2.27. The van der Waals surface area contributed by atoms with Crippen molar-refractivity contribution in [1.82, 2.24) is 14.5 Å². The molecule has 0 saturated heterocycles. The maximum absolute atomic E-state index is 13.4. The number of methoxy groups -OCH3 is 1. The first kappa shape index (κ1) is 23.3. The molecule has 2 aromatic carbocycles. The van der Waals surface area contributed by atoms with Crippen molar-refractivity contribution in [1.29, 1.82) is 0 Å². The highest BCUT2D eigenvalue weighted by atomic mass is 35.5. The van der Waals surface area contributed by atoms with E-state index in [0.717, 1.165) is 11.1 Å². The average Bonchev–Trinajstić information content (AvgIpc) is 3.47. The number of pyridine rings is 1. The van der Waals surface area contributed by atoms with Gasteiger partial charge >= 0.3 is 6.01 Å². The minimum absolute atomic E-state index is 0.0888. The molecule has 3 aromatic heterocycles. The fourth-order valence-corrected chi connectivity index (χ4v) is 4.20. The van der Waals surface area contributed by atoms with E-state index in [2.05, 4.69) is 15.3 Å². The summed E-state index contributed by atoms with van der Waals surface area (Å²) in [6, 6.07) is 18.2. The van der Waals surface area contributed by atoms with E-state index in [1.165, 1.54) is 6.20 Å². The lowest BCUT2D eigenvalue weighted by Crippen LogP contribution is -2.23. The number of Topliss-reactive ketones (excluding diaryl/α,β-unsaturated/α-hetero) is 1. The molecular weight excluding hydrogens is 480 g/mol. The molecule has 0 radical (unpaired) electrons. The lowest BCUT2D eigenvalue weighted by Gasteiger charge is -2.09. The minimum Gasteiger partial charge on any atom is -0.497 e. The van der Waals surface area contributed by atoms with Gasteiger partial charge in [0, 0.05) is 34.4 Å². The number of fused-ring (bicyclic) bond motifs is 1. The summed E-state index contributed by atoms with van der Waals surface area (Å²) >= 11 is 6.03. The molecule has 0 aliphatic carbocycles. The molecule has 36 heavy (non-hydrogen) atoms. The van der Waals surface area contributed by atoms with E-state index in [1.54, 1.807) is 31.5 Å². The van der Waals surface area contributed by atoms with Crippen LogP contribution in [0.4, 0.5) is 6.01 Å². The second kappa shape index (κ2) is 9.67. The summed E-state index contributed by atoms with van der Waals surface area (Å²) in [6.07, 6.45) is 3.06. The summed E-state index contributed by atoms with van der Waals surface area (Å²) in [5.74, 6) is -0.619. The van der Waals surface area contributed by atoms with E-state index in [0.29, 0.717) is 39.9 Å². The van der Waals surface area contributed by atoms with Crippen LogP contribution in [-0.2, 0) is 11.3 Å². The van der Waals surface area contributed by atoms with E-state index >= 15 is 0 Å². The molecule has 0 atom stereocenters. The molecule has 0 fully saturated rings. The van der Waals surface area contributed by atoms with Gasteiger partial charge in [0.15, 0.2) is 5.76 Å². The van der Waals surface area contributed by atoms with Crippen LogP contribution >= 0.6 is 11.6 Å². The molecule has 0 saturated carbocycles. The van der Waals surface area contributed by atoms with Crippen molar-refractivity contribution in [2.24, 2.45) is 0 Å². The van der Waals surface area contributed by atoms with Crippen LogP contribution in [0.1, 0.15) is 21.6 Å². The topological polar surface area (TPSA) is 99.2 Å². The predicted molar refractivity (Wildman–Crippen MR) is 136 cm³/mol. The van der Waals surface area contributed by atoms with Gasteiger partial charge in [0.2, 0.25) is 0 Å². The van der Waals surface area contributed by atoms with E-state index in [4.69, 9.17) is 20.8 Å². The maximum atomic E-state index is 13.4. The standard InChI is InChI=1S/C27H21ClN4O4/c1-16-24(25(33)26(34)31-27-30-14-23(36-27)21-5-3-4-12-29-21)20-13-19(35-2)10-11-22(20)32(16)15-17-6-8-18(28)9-7-17/h3-14H,15H2,1-2H3,(H,30,31,34). The number of nitrogens with one attached hydrogen (secondary N) is 1. The Morgan fingerprint density at radius 1 is 1.08 bits per heavy atom. The minimum atomic E-state index is -0.860. The molecule has 1 amide bonds. The maximum Gasteiger partial charge on any atom is 0.302 e. The van der Waals surface area contributed by atoms with Gasteiger partial charge in [-0.25, -0.2) is 4.98 Å². The van der Waals surface area contributed by atoms with Gasteiger partial charge in [0.1, 0.15) is 11.4 Å². The second-order valence-electron chi connectivity index (χ2n) is 8.08. The number of hydrogen-bond acceptors (Lipinski definition) is 6. The molecule has 0 bridgehead atoms. The number of ketones is 1. The molecule has 8 nitrogen and oxygen atoms in total. The Morgan fingerprint density at radius 3 is 2.61 bits per heavy atom. The van der Waals surface area contributed by atoms with Crippen LogP contribution < -0.4 is 10.1 Å². The van der Waals surface area contributed by atoms with Crippen LogP contribution in [0.3, 0.4) is 0 Å². The number of oxazole rings is 1. The van der Waals surface area contributed by atoms with Crippen molar-refractivity contribution in [3.63, 3.8) is 0 Å². The number of carbonyl (C=O) groups excluding carboxylic acids is 2. The SMILES string of the molecule is COc1ccc2c(c1)c(C(=O)C(=O)Nc1ncc(-c3ccccn3)o1)c(C)n2Cc1ccc(Cl)cc1. The molecular formula is C27H21ClN4O4. The van der Waals surface area contributed by atoms with E-state index < -0.39 is 11.7 Å². The number of aromatic nitrogens is 3. The summed E-state index contributed by atoms with van der Waals surface area (Å²) in [7, 11) is 1.55. The van der Waals surface area contributed by atoms with Crippen LogP contribution in [0.25, 0.3) is 22.4 Å². The van der Waals surface area contributed by atoms with Crippen LogP contribution in [-0.4, -0.2) is 33.3 Å². The summed E-state index contributed by atoms with van der Waals surface area (Å²) in [6.45, 7) is 2.31. The van der Waals surface area contributed by atoms with Crippen molar-refractivity contribution in [3.05, 3.63) is 94.9 Å². The normalized spacial score (nSPS) is 11.0. The highest BCUT2D eigenvalue weighted by molar-refractivity contribution is 6.48. The Balaban J connectivity index is 1.48. The molecule has 5 rings (SSSR count). The molecule has 0 unspecified atom stereocenters. The Labute approximate surface area is 211 Å². The van der Waals surface area contributed by atoms with Gasteiger partial charge in [-0.2, -0.15) is 0 Å². The number of rotatable bonds is 7. The third kappa shape index (κ3) is 4.46. The average molecular weight is 501 g/mol. The largest absolute Gasteiger partial charge is 0.497 e. The van der Waals surface area contributed by atoms with Crippen LogP contribution in [0.2, 0.25) is 5.02 Å². The van der Waals surface area contributed by atoms with Crippen molar-refractivity contribution in [3.8, 4) is 17.2 Å². The summed E-state index contributed by atoms with van der Waals surface area (Å²) in [4.78, 5) is 34.6. The lowest BCUT2D eigenvalue weighted by atomic mass is 10.1. The van der Waals surface area contributed by atoms with Gasteiger partial charge < -0.3 is 13.7 Å². The molecule has 180 valence electrons. The first-order chi connectivity index (χ1) is 17.4. The van der Waals surface area contributed by atoms with Crippen molar-refractivity contribution >= 4 is 40.2 Å². The van der Waals surface area contributed by atoms with Crippen LogP contribution in [0, 0.1) is 6.92 Å². The van der Waals surface area contributed by atoms with Crippen molar-refractivity contribution in [2.45, 2.75) is 13.5 Å². The molecule has 1 N–H and O–H groups in total. The molecule has 9 heteroatoms. The smallest absolute Gasteiger partial charge is 0.302 e. The van der Waals surface area contributed by atoms with Crippen molar-refractivity contribution in [2.75, 3.05) is 12.4 Å². The second-order valence-corrected chi connectivity index (χ2v) is 8.52. The number of anilines is 1. The van der Waals surface area contributed by atoms with E-state index in [-0.39, 0.29) is 11.6 Å². The zero-order valence-electron chi connectivity index (χ0n) is 19.5. The number of amides is 1. The quantitative estimate of drug-likeness (QED) is 0.233. The predicted octanol–water partition coefficient (Wildman–Crippen LogP) is 5.53. The number of benzene rings is 2. The van der Waals surface area contributed by atoms with E-state index in [9.17, 15) is 9.59 Å². The third-order valence-electron chi connectivity index (χ3n) is 5.86. The number of ether oxygens (including phenoxy) is 1. The molecule has 3 heterocycles. The Hall–Kier alpha value is -4.43. The molecule has 5 aromatic rings. The molecule has 0 spiro atoms. The highest BCUT2D eigenvalue weighted by Crippen LogP contribution is 2.31. The van der Waals surface area contributed by atoms with E-state index in [1.807, 2.05) is 54.0 Å². The van der Waals surface area contributed by atoms with Crippen LogP contribution in [0.5, 0.6) is 5.75 Å². The number of nitrogens with zero attached hydrogens (tertiary/aromatic N) is 3. The van der Waals surface area contributed by atoms with Gasteiger partial charge in [-0.1, -0.05) is 29.8 Å². The zero-order chi connectivity index (χ0) is 25.2. The van der Waals surface area contributed by atoms with Gasteiger partial charge in [0.25, 0.3) is 11.7 Å². The number of carbonyl (C=O) groups is 2. The fourth-order valence-electron chi connectivity index (χ4n) is 4.08. The van der Waals surface area contributed by atoms with Gasteiger partial charge in [-0.15, -0.1) is 0 Å². The summed E-state index contributed by atoms with van der Waals surface area (Å²) in [5, 5.41) is 3.72.